The van der Waals surface area contributed by atoms with Crippen molar-refractivity contribution >= 4 is 81.8 Å². The molecule has 3 aromatic rings. The number of ether oxygens (including phenoxy) is 1. The number of benzene rings is 2. The maximum atomic E-state index is 5.93. The lowest BCUT2D eigenvalue weighted by atomic mass is 10.1. The number of rotatable bonds is 6. The first-order valence-corrected chi connectivity index (χ1v) is 11.7. The van der Waals surface area contributed by atoms with Crippen molar-refractivity contribution in [1.82, 2.24) is 15.0 Å². The maximum absolute atomic E-state index is 5.93. The normalized spacial score (nSPS) is 12.3. The molecule has 2 aromatic carbocycles. The molecule has 0 aliphatic heterocycles. The second kappa shape index (κ2) is 10.8. The van der Waals surface area contributed by atoms with Crippen molar-refractivity contribution in [2.75, 3.05) is 6.61 Å². The molecule has 0 aliphatic rings. The van der Waals surface area contributed by atoms with Gasteiger partial charge in [-0.15, -0.1) is 0 Å². The van der Waals surface area contributed by atoms with Gasteiger partial charge >= 0.3 is 0 Å². The van der Waals surface area contributed by atoms with Crippen molar-refractivity contribution < 1.29 is 4.74 Å². The number of alkyl halides is 6. The summed E-state index contributed by atoms with van der Waals surface area (Å²) in [5, 5.41) is 0. The lowest BCUT2D eigenvalue weighted by Crippen LogP contribution is -2.16. The number of hydrogen-bond donors (Lipinski definition) is 0. The second-order valence-corrected chi connectivity index (χ2v) is 11.2. The van der Waals surface area contributed by atoms with Crippen molar-refractivity contribution in [2.24, 2.45) is 0 Å². The molecular formula is C22H17Cl6N3O. The number of halogens is 6. The van der Waals surface area contributed by atoms with E-state index < -0.39 is 7.59 Å². The largest absolute Gasteiger partial charge is 0.494 e. The summed E-state index contributed by atoms with van der Waals surface area (Å²) in [4.78, 5) is 12.4. The van der Waals surface area contributed by atoms with Gasteiger partial charge in [0.1, 0.15) is 5.75 Å². The van der Waals surface area contributed by atoms with E-state index in [0.29, 0.717) is 12.2 Å². The molecule has 0 amide bonds. The van der Waals surface area contributed by atoms with Crippen molar-refractivity contribution in [3.05, 3.63) is 71.3 Å². The summed E-state index contributed by atoms with van der Waals surface area (Å²) in [6.07, 6.45) is 4.94. The zero-order valence-corrected chi connectivity index (χ0v) is 21.2. The van der Waals surface area contributed by atoms with Crippen LogP contribution in [0.25, 0.3) is 23.5 Å². The number of aromatic nitrogens is 3. The molecule has 4 nitrogen and oxygen atoms in total. The van der Waals surface area contributed by atoms with E-state index in [-0.39, 0.29) is 17.5 Å². The molecule has 0 radical (unpaired) electrons. The van der Waals surface area contributed by atoms with E-state index in [4.69, 9.17) is 74.3 Å². The average molecular weight is 552 g/mol. The fourth-order valence-corrected chi connectivity index (χ4v) is 3.13. The predicted molar refractivity (Wildman–Crippen MR) is 135 cm³/mol. The van der Waals surface area contributed by atoms with Gasteiger partial charge in [-0.1, -0.05) is 125 Å². The Morgan fingerprint density at radius 3 is 1.94 bits per heavy atom. The van der Waals surface area contributed by atoms with Crippen LogP contribution in [0.1, 0.15) is 36.1 Å². The molecule has 10 heteroatoms. The Bertz CT molecular complexity index is 1060. The minimum absolute atomic E-state index is 0.136. The Balaban J connectivity index is 1.85. The summed E-state index contributed by atoms with van der Waals surface area (Å²) in [5.41, 5.74) is 2.64. The summed E-state index contributed by atoms with van der Waals surface area (Å²) in [6.45, 7) is 2.76. The van der Waals surface area contributed by atoms with Gasteiger partial charge in [0.25, 0.3) is 0 Å². The predicted octanol–water partition coefficient (Wildman–Crippen LogP) is 8.15. The highest BCUT2D eigenvalue weighted by molar-refractivity contribution is 6.67. The van der Waals surface area contributed by atoms with E-state index in [0.717, 1.165) is 23.3 Å². The summed E-state index contributed by atoms with van der Waals surface area (Å²) in [7, 11) is 0. The van der Waals surface area contributed by atoms with Crippen LogP contribution in [0.15, 0.2) is 48.5 Å². The first-order chi connectivity index (χ1) is 15.1. The molecule has 3 rings (SSSR count). The second-order valence-electron chi connectivity index (χ2n) is 6.68. The minimum atomic E-state index is -1.90. The van der Waals surface area contributed by atoms with Crippen LogP contribution in [-0.4, -0.2) is 21.6 Å². The molecule has 0 saturated heterocycles. The lowest BCUT2D eigenvalue weighted by molar-refractivity contribution is 0.317. The third-order valence-electron chi connectivity index (χ3n) is 4.11. The van der Waals surface area contributed by atoms with E-state index in [9.17, 15) is 0 Å². The number of nitrogens with zero attached hydrogens (tertiary/aromatic N) is 3. The number of hydrogen-bond acceptors (Lipinski definition) is 4. The first kappa shape index (κ1) is 25.4. The topological polar surface area (TPSA) is 47.9 Å². The third kappa shape index (κ3) is 7.11. The van der Waals surface area contributed by atoms with E-state index in [1.807, 2.05) is 60.7 Å². The van der Waals surface area contributed by atoms with E-state index in [2.05, 4.69) is 21.9 Å². The molecule has 0 N–H and O–H groups in total. The highest BCUT2D eigenvalue weighted by atomic mass is 35.6. The quantitative estimate of drug-likeness (QED) is 0.229. The van der Waals surface area contributed by atoms with Crippen LogP contribution < -0.4 is 4.74 Å². The summed E-state index contributed by atoms with van der Waals surface area (Å²) in [5.74, 6) is 0.790. The van der Waals surface area contributed by atoms with E-state index >= 15 is 0 Å². The van der Waals surface area contributed by atoms with E-state index in [1.165, 1.54) is 0 Å². The monoisotopic (exact) mass is 549 g/mol. The Labute approximate surface area is 216 Å². The first-order valence-electron chi connectivity index (χ1n) is 9.48. The van der Waals surface area contributed by atoms with Gasteiger partial charge in [-0.3, -0.25) is 0 Å². The molecule has 0 unspecified atom stereocenters. The van der Waals surface area contributed by atoms with Crippen molar-refractivity contribution in [2.45, 2.75) is 20.9 Å². The molecular weight excluding hydrogens is 535 g/mol. The maximum Gasteiger partial charge on any atom is 0.250 e. The highest BCUT2D eigenvalue weighted by Crippen LogP contribution is 2.40. The average Bonchev–Trinajstić information content (AvgIpc) is 2.75. The van der Waals surface area contributed by atoms with Crippen molar-refractivity contribution in [3.8, 4) is 17.1 Å². The zero-order chi connectivity index (χ0) is 23.4. The zero-order valence-electron chi connectivity index (χ0n) is 16.7. The van der Waals surface area contributed by atoms with Gasteiger partial charge in [0, 0.05) is 5.56 Å². The molecule has 0 fully saturated rings. The molecule has 32 heavy (non-hydrogen) atoms. The molecule has 0 spiro atoms. The molecule has 0 saturated carbocycles. The third-order valence-corrected chi connectivity index (χ3v) is 5.12. The van der Waals surface area contributed by atoms with Gasteiger partial charge in [-0.2, -0.15) is 0 Å². The minimum Gasteiger partial charge on any atom is -0.494 e. The van der Waals surface area contributed by atoms with Crippen LogP contribution in [-0.2, 0) is 7.59 Å². The molecule has 0 bridgehead atoms. The Hall–Kier alpha value is -1.27. The molecule has 1 heterocycles. The SMILES string of the molecule is CCCOc1cccc(C=Cc2ccc(-c3nc(C(Cl)(Cl)Cl)nc(C(Cl)(Cl)Cl)n3)cc2)c1. The van der Waals surface area contributed by atoms with Crippen molar-refractivity contribution in [1.29, 1.82) is 0 Å². The fourth-order valence-electron chi connectivity index (χ4n) is 2.62. The fraction of sp³-hybridized carbons (Fsp3) is 0.227. The van der Waals surface area contributed by atoms with Crippen LogP contribution in [0, 0.1) is 0 Å². The van der Waals surface area contributed by atoms with Gasteiger partial charge in [-0.25, -0.2) is 15.0 Å². The Kier molecular flexibility index (Phi) is 8.53. The van der Waals surface area contributed by atoms with Crippen LogP contribution in [0.4, 0.5) is 0 Å². The standard InChI is InChI=1S/C22H17Cl6N3O/c1-2-12-32-17-5-3-4-15(13-17)7-6-14-8-10-16(11-9-14)18-29-19(21(23,24)25)31-20(30-18)22(26,27)28/h3-11,13H,2,12H2,1H3. The van der Waals surface area contributed by atoms with Gasteiger partial charge < -0.3 is 4.74 Å². The summed E-state index contributed by atoms with van der Waals surface area (Å²) >= 11 is 35.6. The van der Waals surface area contributed by atoms with Crippen molar-refractivity contribution in [3.63, 3.8) is 0 Å². The van der Waals surface area contributed by atoms with Gasteiger partial charge in [0.15, 0.2) is 17.5 Å². The van der Waals surface area contributed by atoms with Gasteiger partial charge in [-0.05, 0) is 29.7 Å². The van der Waals surface area contributed by atoms with Crippen LogP contribution >= 0.6 is 69.6 Å². The molecule has 1 aromatic heterocycles. The highest BCUT2D eigenvalue weighted by Gasteiger charge is 2.34. The summed E-state index contributed by atoms with van der Waals surface area (Å²) in [6, 6.07) is 15.3. The van der Waals surface area contributed by atoms with Crippen LogP contribution in [0.2, 0.25) is 0 Å². The Morgan fingerprint density at radius 1 is 0.781 bits per heavy atom. The Morgan fingerprint density at radius 2 is 1.38 bits per heavy atom. The van der Waals surface area contributed by atoms with Gasteiger partial charge in [0.2, 0.25) is 7.59 Å². The van der Waals surface area contributed by atoms with Crippen LogP contribution in [0.5, 0.6) is 5.75 Å². The molecule has 0 aliphatic carbocycles. The van der Waals surface area contributed by atoms with E-state index in [1.54, 1.807) is 0 Å². The molecule has 0 atom stereocenters. The lowest BCUT2D eigenvalue weighted by Gasteiger charge is -2.15. The van der Waals surface area contributed by atoms with Crippen LogP contribution in [0.3, 0.4) is 0 Å². The van der Waals surface area contributed by atoms with Gasteiger partial charge in [0.05, 0.1) is 6.61 Å². The summed E-state index contributed by atoms with van der Waals surface area (Å²) < 4.78 is 1.87. The smallest absolute Gasteiger partial charge is 0.250 e. The molecule has 168 valence electrons.